The van der Waals surface area contributed by atoms with Gasteiger partial charge in [0.25, 0.3) is 0 Å². The number of pyridine rings is 1. The number of para-hydroxylation sites is 1. The molecule has 0 fully saturated rings. The molecule has 1 aromatic heterocycles. The quantitative estimate of drug-likeness (QED) is 0.197. The molecule has 6 aromatic rings. The third-order valence-corrected chi connectivity index (χ3v) is 14.7. The zero-order chi connectivity index (χ0) is 26.0. The monoisotopic (exact) mass is 529 g/mol. The van der Waals surface area contributed by atoms with Crippen molar-refractivity contribution in [2.75, 3.05) is 0 Å². The van der Waals surface area contributed by atoms with Gasteiger partial charge in [-0.3, -0.25) is 0 Å². The molecule has 186 valence electrons. The Morgan fingerprint density at radius 3 is 1.58 bits per heavy atom. The summed E-state index contributed by atoms with van der Waals surface area (Å²) in [6, 6.07) is 51.3. The maximum atomic E-state index is 8.27. The van der Waals surface area contributed by atoms with E-state index in [-0.39, 0.29) is 0 Å². The molecule has 0 amide bonds. The van der Waals surface area contributed by atoms with E-state index in [9.17, 15) is 0 Å². The molecule has 5 aromatic carbocycles. The Hall–Kier alpha value is -3.77. The van der Waals surface area contributed by atoms with Gasteiger partial charge in [0.2, 0.25) is 0 Å². The molecular weight excluding hydrogens is 501 g/mol. The maximum absolute atomic E-state index is 8.27. The van der Waals surface area contributed by atoms with E-state index in [2.05, 4.69) is 146 Å². The fraction of sp³-hybridized carbons (Fsp3) is 0.0571. The van der Waals surface area contributed by atoms with Crippen molar-refractivity contribution < 1.29 is 0 Å². The van der Waals surface area contributed by atoms with Gasteiger partial charge >= 0.3 is 230 Å². The Balaban J connectivity index is 1.50. The van der Waals surface area contributed by atoms with Crippen LogP contribution in [-0.2, 0) is 6.16 Å². The van der Waals surface area contributed by atoms with Crippen LogP contribution in [-0.4, -0.2) is 4.98 Å². The molecule has 3 heteroatoms. The van der Waals surface area contributed by atoms with Crippen molar-refractivity contribution in [3.8, 4) is 11.3 Å². The minimum atomic E-state index is -3.37. The minimum absolute atomic E-state index is 0.718. The van der Waals surface area contributed by atoms with Crippen molar-refractivity contribution in [1.29, 1.82) is 0 Å². The fourth-order valence-electron chi connectivity index (χ4n) is 5.56. The molecule has 0 atom stereocenters. The zero-order valence-corrected chi connectivity index (χ0v) is 23.0. The number of rotatable bonds is 6. The SMILES string of the molecule is Cc1cc2ccccc2nc1-c1ccc(CP(Cl)(c2ccccc2)(c2ccccc2)c2ccccc2)cc1. The summed E-state index contributed by atoms with van der Waals surface area (Å²) in [4.78, 5) is 4.99. The summed E-state index contributed by atoms with van der Waals surface area (Å²) in [6.07, 6.45) is 0.718. The van der Waals surface area contributed by atoms with Crippen molar-refractivity contribution >= 4 is 44.0 Å². The van der Waals surface area contributed by atoms with Crippen molar-refractivity contribution in [3.05, 3.63) is 157 Å². The molecule has 0 saturated heterocycles. The fourth-order valence-corrected chi connectivity index (χ4v) is 11.7. The van der Waals surface area contributed by atoms with Crippen LogP contribution < -0.4 is 15.9 Å². The standard InChI is InChI=1S/C35H29ClNP/c1-27-25-30-13-11-12-20-34(30)37-35(27)29-23-21-28(22-24-29)26-38(36,31-14-5-2-6-15-31,32-16-7-3-8-17-32)33-18-9-4-10-19-33/h2-25H,26H2,1H3. The summed E-state index contributed by atoms with van der Waals surface area (Å²) in [6.45, 7) is 2.13. The van der Waals surface area contributed by atoms with Gasteiger partial charge in [0.05, 0.1) is 0 Å². The molecule has 0 aliphatic rings. The summed E-state index contributed by atoms with van der Waals surface area (Å²) < 4.78 is 0. The molecule has 0 N–H and O–H groups in total. The van der Waals surface area contributed by atoms with Crippen LogP contribution in [0, 0.1) is 6.92 Å². The van der Waals surface area contributed by atoms with Crippen molar-refractivity contribution in [2.24, 2.45) is 0 Å². The van der Waals surface area contributed by atoms with Crippen molar-refractivity contribution in [2.45, 2.75) is 13.1 Å². The van der Waals surface area contributed by atoms with E-state index >= 15 is 0 Å². The van der Waals surface area contributed by atoms with Crippen LogP contribution in [0.25, 0.3) is 22.2 Å². The second kappa shape index (κ2) is 9.84. The molecule has 1 nitrogen and oxygen atoms in total. The molecule has 1 heterocycles. The number of aryl methyl sites for hydroxylation is 1. The molecule has 0 spiro atoms. The molecule has 0 unspecified atom stereocenters. The summed E-state index contributed by atoms with van der Waals surface area (Å²) in [7, 11) is 0. The number of nitrogens with zero attached hydrogens (tertiary/aromatic N) is 1. The topological polar surface area (TPSA) is 12.9 Å². The Bertz CT molecular complexity index is 1600. The number of benzene rings is 5. The van der Waals surface area contributed by atoms with E-state index in [0.717, 1.165) is 22.9 Å². The Kier molecular flexibility index (Phi) is 6.36. The van der Waals surface area contributed by atoms with Crippen LogP contribution in [0.1, 0.15) is 11.1 Å². The third kappa shape index (κ3) is 4.13. The van der Waals surface area contributed by atoms with Crippen LogP contribution in [0.3, 0.4) is 0 Å². The van der Waals surface area contributed by atoms with Gasteiger partial charge < -0.3 is 0 Å². The van der Waals surface area contributed by atoms with Crippen LogP contribution >= 0.6 is 17.2 Å². The number of fused-ring (bicyclic) bond motifs is 1. The van der Waals surface area contributed by atoms with Crippen LogP contribution in [0.4, 0.5) is 0 Å². The Morgan fingerprint density at radius 2 is 1.05 bits per heavy atom. The number of hydrogen-bond donors (Lipinski definition) is 0. The Morgan fingerprint density at radius 1 is 0.579 bits per heavy atom. The first-order valence-corrected chi connectivity index (χ1v) is 16.2. The predicted octanol–water partition coefficient (Wildman–Crippen LogP) is 8.39. The molecule has 38 heavy (non-hydrogen) atoms. The summed E-state index contributed by atoms with van der Waals surface area (Å²) in [5.74, 6) is -3.37. The van der Waals surface area contributed by atoms with Gasteiger partial charge in [0.15, 0.2) is 0 Å². The second-order valence-electron chi connectivity index (χ2n) is 9.89. The van der Waals surface area contributed by atoms with Crippen LogP contribution in [0.15, 0.2) is 146 Å². The number of halogens is 1. The number of hydrogen-bond acceptors (Lipinski definition) is 1. The second-order valence-corrected chi connectivity index (χ2v) is 16.4. The van der Waals surface area contributed by atoms with Gasteiger partial charge in [0, 0.05) is 0 Å². The molecule has 6 rings (SSSR count). The average molecular weight is 530 g/mol. The normalized spacial score (nSPS) is 12.6. The first kappa shape index (κ1) is 24.6. The predicted molar refractivity (Wildman–Crippen MR) is 167 cm³/mol. The van der Waals surface area contributed by atoms with Crippen molar-refractivity contribution in [1.82, 2.24) is 4.98 Å². The van der Waals surface area contributed by atoms with Gasteiger partial charge in [-0.25, -0.2) is 0 Å². The first-order chi connectivity index (χ1) is 18.6. The first-order valence-electron chi connectivity index (χ1n) is 12.9. The third-order valence-electron chi connectivity index (χ3n) is 7.51. The van der Waals surface area contributed by atoms with E-state index in [1.54, 1.807) is 0 Å². The van der Waals surface area contributed by atoms with Gasteiger partial charge in [0.1, 0.15) is 0 Å². The van der Waals surface area contributed by atoms with Gasteiger partial charge in [-0.1, -0.05) is 0 Å². The number of aromatic nitrogens is 1. The van der Waals surface area contributed by atoms with E-state index in [1.165, 1.54) is 32.4 Å². The van der Waals surface area contributed by atoms with Gasteiger partial charge in [-0.15, -0.1) is 0 Å². The summed E-state index contributed by atoms with van der Waals surface area (Å²) in [5, 5.41) is 4.69. The Labute approximate surface area is 229 Å². The van der Waals surface area contributed by atoms with Gasteiger partial charge in [-0.05, 0) is 0 Å². The molecule has 0 aliphatic heterocycles. The van der Waals surface area contributed by atoms with Crippen molar-refractivity contribution in [3.63, 3.8) is 0 Å². The molecule has 0 aliphatic carbocycles. The van der Waals surface area contributed by atoms with Gasteiger partial charge in [-0.2, -0.15) is 0 Å². The van der Waals surface area contributed by atoms with Crippen LogP contribution in [0.5, 0.6) is 0 Å². The van der Waals surface area contributed by atoms with E-state index in [1.807, 2.05) is 6.07 Å². The zero-order valence-electron chi connectivity index (χ0n) is 21.3. The molecular formula is C35H29ClNP. The molecule has 0 bridgehead atoms. The van der Waals surface area contributed by atoms with Crippen LogP contribution in [0.2, 0.25) is 0 Å². The van der Waals surface area contributed by atoms with E-state index in [4.69, 9.17) is 16.2 Å². The summed E-state index contributed by atoms with van der Waals surface area (Å²) >= 11 is 8.27. The average Bonchev–Trinajstić information content (AvgIpc) is 2.99. The summed E-state index contributed by atoms with van der Waals surface area (Å²) in [5.41, 5.74) is 5.53. The van der Waals surface area contributed by atoms with E-state index in [0.29, 0.717) is 0 Å². The molecule has 0 saturated carbocycles. The van der Waals surface area contributed by atoms with E-state index < -0.39 is 5.96 Å². The molecule has 0 radical (unpaired) electrons.